The van der Waals surface area contributed by atoms with Crippen LogP contribution in [0.4, 0.5) is 0 Å². The molecule has 2 unspecified atom stereocenters. The van der Waals surface area contributed by atoms with Gasteiger partial charge in [-0.15, -0.1) is 0 Å². The Morgan fingerprint density at radius 2 is 1.71 bits per heavy atom. The molecule has 7 nitrogen and oxygen atoms in total. The average molecular weight is 446 g/mol. The summed E-state index contributed by atoms with van der Waals surface area (Å²) in [5.74, 6) is 0.591. The smallest absolute Gasteiger partial charge is 0.243 e. The molecule has 5 fully saturated rings. The lowest BCUT2D eigenvalue weighted by molar-refractivity contribution is -0.147. The van der Waals surface area contributed by atoms with E-state index in [2.05, 4.69) is 5.32 Å². The van der Waals surface area contributed by atoms with Crippen molar-refractivity contribution in [2.24, 2.45) is 28.9 Å². The molecule has 2 amide bonds. The SMILES string of the molecule is Cc1ccc(S(=O)(=O)N(CC(=O)NC2C3CC4CC2CC(C(N)=O)(C4)C3)C2CC2)cc1. The van der Waals surface area contributed by atoms with Crippen LogP contribution < -0.4 is 11.1 Å². The first-order valence-corrected chi connectivity index (χ1v) is 12.8. The molecule has 1 aromatic rings. The van der Waals surface area contributed by atoms with Crippen molar-refractivity contribution in [3.05, 3.63) is 29.8 Å². The molecule has 1 aromatic carbocycles. The van der Waals surface area contributed by atoms with E-state index in [1.165, 1.54) is 4.31 Å². The summed E-state index contributed by atoms with van der Waals surface area (Å²) in [6.07, 6.45) is 5.99. The number of nitrogens with one attached hydrogen (secondary N) is 1. The number of hydrogen-bond donors (Lipinski definition) is 2. The van der Waals surface area contributed by atoms with Crippen LogP contribution >= 0.6 is 0 Å². The second kappa shape index (κ2) is 7.30. The third-order valence-electron chi connectivity index (χ3n) is 8.00. The minimum atomic E-state index is -3.72. The van der Waals surface area contributed by atoms with Crippen molar-refractivity contribution in [1.29, 1.82) is 0 Å². The van der Waals surface area contributed by atoms with Gasteiger partial charge in [0.1, 0.15) is 0 Å². The van der Waals surface area contributed by atoms with Gasteiger partial charge in [0.25, 0.3) is 0 Å². The van der Waals surface area contributed by atoms with E-state index in [4.69, 9.17) is 5.73 Å². The monoisotopic (exact) mass is 445 g/mol. The molecule has 0 aromatic heterocycles. The quantitative estimate of drug-likeness (QED) is 0.668. The Morgan fingerprint density at radius 1 is 1.10 bits per heavy atom. The molecule has 168 valence electrons. The van der Waals surface area contributed by atoms with Crippen LogP contribution in [0, 0.1) is 30.1 Å². The van der Waals surface area contributed by atoms with Gasteiger partial charge in [0.05, 0.1) is 11.4 Å². The van der Waals surface area contributed by atoms with E-state index in [0.29, 0.717) is 5.92 Å². The number of rotatable bonds is 7. The maximum atomic E-state index is 13.2. The number of nitrogens with two attached hydrogens (primary N) is 1. The molecule has 4 bridgehead atoms. The lowest BCUT2D eigenvalue weighted by Crippen LogP contribution is -2.62. The van der Waals surface area contributed by atoms with Crippen LogP contribution in [-0.2, 0) is 19.6 Å². The van der Waals surface area contributed by atoms with Crippen LogP contribution in [-0.4, -0.2) is 43.2 Å². The van der Waals surface area contributed by atoms with Crippen molar-refractivity contribution in [3.63, 3.8) is 0 Å². The van der Waals surface area contributed by atoms with Crippen LogP contribution in [0.5, 0.6) is 0 Å². The number of carbonyl (C=O) groups is 2. The normalized spacial score (nSPS) is 34.1. The van der Waals surface area contributed by atoms with Gasteiger partial charge in [-0.2, -0.15) is 4.31 Å². The van der Waals surface area contributed by atoms with Crippen molar-refractivity contribution in [1.82, 2.24) is 9.62 Å². The van der Waals surface area contributed by atoms with Crippen LogP contribution in [0.15, 0.2) is 29.2 Å². The van der Waals surface area contributed by atoms with Crippen molar-refractivity contribution in [2.75, 3.05) is 6.54 Å². The Kier molecular flexibility index (Phi) is 4.93. The highest BCUT2D eigenvalue weighted by molar-refractivity contribution is 7.89. The molecule has 8 heteroatoms. The zero-order valence-electron chi connectivity index (χ0n) is 17.9. The van der Waals surface area contributed by atoms with Crippen molar-refractivity contribution >= 4 is 21.8 Å². The highest BCUT2D eigenvalue weighted by atomic mass is 32.2. The van der Waals surface area contributed by atoms with Gasteiger partial charge in [0.2, 0.25) is 21.8 Å². The Bertz CT molecular complexity index is 986. The number of aryl methyl sites for hydroxylation is 1. The summed E-state index contributed by atoms with van der Waals surface area (Å²) in [5, 5.41) is 3.17. The molecular formula is C23H31N3O4S. The fourth-order valence-electron chi connectivity index (χ4n) is 6.55. The first kappa shape index (κ1) is 20.9. The molecule has 31 heavy (non-hydrogen) atoms. The number of hydrogen-bond acceptors (Lipinski definition) is 4. The zero-order valence-corrected chi connectivity index (χ0v) is 18.7. The lowest BCUT2D eigenvalue weighted by atomic mass is 9.47. The molecule has 0 radical (unpaired) electrons. The molecule has 0 aliphatic heterocycles. The Morgan fingerprint density at radius 3 is 2.26 bits per heavy atom. The zero-order chi connectivity index (χ0) is 22.0. The molecule has 2 atom stereocenters. The highest BCUT2D eigenvalue weighted by Gasteiger charge is 2.58. The molecule has 0 heterocycles. The van der Waals surface area contributed by atoms with Crippen LogP contribution in [0.1, 0.15) is 50.5 Å². The minimum absolute atomic E-state index is 0.0136. The standard InChI is InChI=1S/C23H31N3O4S/c1-14-2-6-19(7-3-14)31(29,30)26(18-4-5-18)13-20(27)25-21-16-8-15-9-17(21)12-23(10-15,11-16)22(24)28/h2-3,6-7,15-18,21H,4-5,8-13H2,1H3,(H2,24,28)(H,25,27). The van der Waals surface area contributed by atoms with Gasteiger partial charge >= 0.3 is 0 Å². The van der Waals surface area contributed by atoms with Gasteiger partial charge in [-0.25, -0.2) is 8.42 Å². The molecule has 0 spiro atoms. The summed E-state index contributed by atoms with van der Waals surface area (Å²) in [5.41, 5.74) is 6.35. The van der Waals surface area contributed by atoms with Crippen molar-refractivity contribution in [2.45, 2.75) is 68.8 Å². The average Bonchev–Trinajstić information content (AvgIpc) is 3.53. The molecule has 3 N–H and O–H groups in total. The van der Waals surface area contributed by atoms with E-state index in [-0.39, 0.29) is 47.2 Å². The van der Waals surface area contributed by atoms with Crippen molar-refractivity contribution in [3.8, 4) is 0 Å². The number of benzene rings is 1. The van der Waals surface area contributed by atoms with E-state index in [9.17, 15) is 18.0 Å². The first-order valence-electron chi connectivity index (χ1n) is 11.4. The van der Waals surface area contributed by atoms with E-state index in [1.54, 1.807) is 24.3 Å². The van der Waals surface area contributed by atoms with E-state index < -0.39 is 15.4 Å². The fraction of sp³-hybridized carbons (Fsp3) is 0.652. The summed E-state index contributed by atoms with van der Waals surface area (Å²) in [7, 11) is -3.72. The molecule has 5 aliphatic rings. The number of sulfonamides is 1. The summed E-state index contributed by atoms with van der Waals surface area (Å²) in [6, 6.07) is 6.69. The van der Waals surface area contributed by atoms with E-state index in [0.717, 1.165) is 50.5 Å². The summed E-state index contributed by atoms with van der Waals surface area (Å²) in [4.78, 5) is 25.4. The van der Waals surface area contributed by atoms with Crippen LogP contribution in [0.25, 0.3) is 0 Å². The third-order valence-corrected chi connectivity index (χ3v) is 9.92. The molecule has 5 aliphatic carbocycles. The first-order chi connectivity index (χ1) is 14.7. The molecular weight excluding hydrogens is 414 g/mol. The number of nitrogens with zero attached hydrogens (tertiary/aromatic N) is 1. The summed E-state index contributed by atoms with van der Waals surface area (Å²) in [6.45, 7) is 1.76. The van der Waals surface area contributed by atoms with Gasteiger partial charge in [0, 0.05) is 17.5 Å². The molecule has 5 saturated carbocycles. The predicted molar refractivity (Wildman–Crippen MR) is 115 cm³/mol. The summed E-state index contributed by atoms with van der Waals surface area (Å²) < 4.78 is 27.8. The third kappa shape index (κ3) is 3.67. The van der Waals surface area contributed by atoms with E-state index in [1.807, 2.05) is 6.92 Å². The molecule has 6 rings (SSSR count). The number of amides is 2. The largest absolute Gasteiger partial charge is 0.369 e. The van der Waals surface area contributed by atoms with Gasteiger partial charge in [-0.1, -0.05) is 17.7 Å². The second-order valence-corrected chi connectivity index (χ2v) is 12.2. The van der Waals surface area contributed by atoms with Crippen LogP contribution in [0.3, 0.4) is 0 Å². The van der Waals surface area contributed by atoms with Gasteiger partial charge in [-0.3, -0.25) is 9.59 Å². The minimum Gasteiger partial charge on any atom is -0.369 e. The predicted octanol–water partition coefficient (Wildman–Crippen LogP) is 1.94. The summed E-state index contributed by atoms with van der Waals surface area (Å²) >= 11 is 0. The Balaban J connectivity index is 1.30. The van der Waals surface area contributed by atoms with Gasteiger partial charge in [0.15, 0.2) is 0 Å². The lowest BCUT2D eigenvalue weighted by Gasteiger charge is -2.58. The van der Waals surface area contributed by atoms with Gasteiger partial charge < -0.3 is 11.1 Å². The maximum absolute atomic E-state index is 13.2. The fourth-order valence-corrected chi connectivity index (χ4v) is 8.19. The Hall–Kier alpha value is -1.93. The van der Waals surface area contributed by atoms with Crippen LogP contribution in [0.2, 0.25) is 0 Å². The number of primary amides is 1. The molecule has 0 saturated heterocycles. The number of carbonyl (C=O) groups excluding carboxylic acids is 2. The van der Waals surface area contributed by atoms with Crippen molar-refractivity contribution < 1.29 is 18.0 Å². The second-order valence-electron chi connectivity index (χ2n) is 10.3. The highest BCUT2D eigenvalue weighted by Crippen LogP contribution is 2.59. The Labute approximate surface area is 183 Å². The topological polar surface area (TPSA) is 110 Å². The van der Waals surface area contributed by atoms with E-state index >= 15 is 0 Å². The van der Waals surface area contributed by atoms with Gasteiger partial charge in [-0.05, 0) is 81.8 Å². The maximum Gasteiger partial charge on any atom is 0.243 e.